The van der Waals surface area contributed by atoms with Gasteiger partial charge in [0.15, 0.2) is 5.78 Å². The Balaban J connectivity index is 2.91. The molecule has 0 radical (unpaired) electrons. The average Bonchev–Trinajstić information content (AvgIpc) is 2.70. The van der Waals surface area contributed by atoms with Gasteiger partial charge in [0, 0.05) is 6.92 Å². The van der Waals surface area contributed by atoms with Crippen LogP contribution in [0.2, 0.25) is 0 Å². The van der Waals surface area contributed by atoms with Gasteiger partial charge >= 0.3 is 0 Å². The van der Waals surface area contributed by atoms with Crippen molar-refractivity contribution >= 4 is 35.3 Å². The molecule has 3 N–H and O–H groups in total. The van der Waals surface area contributed by atoms with E-state index >= 15 is 0 Å². The van der Waals surface area contributed by atoms with E-state index in [1.54, 1.807) is 11.8 Å². The molecule has 172 valence electrons. The van der Waals surface area contributed by atoms with Gasteiger partial charge in [-0.05, 0) is 49.7 Å². The summed E-state index contributed by atoms with van der Waals surface area (Å²) in [6, 6.07) is 7.28. The Hall–Kier alpha value is -2.35. The van der Waals surface area contributed by atoms with Crippen LogP contribution in [0.1, 0.15) is 46.1 Å². The quantitative estimate of drug-likeness (QED) is 0.428. The van der Waals surface area contributed by atoms with Crippen molar-refractivity contribution in [3.05, 3.63) is 35.9 Å². The predicted octanol–water partition coefficient (Wildman–Crippen LogP) is 2.09. The van der Waals surface area contributed by atoms with E-state index in [-0.39, 0.29) is 17.6 Å². The largest absolute Gasteiger partial charge is 0.345 e. The minimum absolute atomic E-state index is 0.145. The third-order valence-electron chi connectivity index (χ3n) is 4.73. The summed E-state index contributed by atoms with van der Waals surface area (Å²) in [4.78, 5) is 49.5. The molecule has 0 aliphatic rings. The number of benzene rings is 1. The van der Waals surface area contributed by atoms with E-state index in [2.05, 4.69) is 16.0 Å². The Kier molecular flexibility index (Phi) is 11.9. The first-order valence-electron chi connectivity index (χ1n) is 10.5. The van der Waals surface area contributed by atoms with Crippen LogP contribution in [0.5, 0.6) is 0 Å². The van der Waals surface area contributed by atoms with Gasteiger partial charge in [0.1, 0.15) is 12.1 Å². The zero-order valence-corrected chi connectivity index (χ0v) is 19.9. The lowest BCUT2D eigenvalue weighted by molar-refractivity contribution is -0.133. The van der Waals surface area contributed by atoms with Gasteiger partial charge in [0.05, 0.1) is 6.04 Å². The number of carbonyl (C=O) groups is 4. The molecule has 3 amide bonds. The lowest BCUT2D eigenvalue weighted by atomic mass is 9.99. The van der Waals surface area contributed by atoms with Gasteiger partial charge in [-0.2, -0.15) is 11.8 Å². The summed E-state index contributed by atoms with van der Waals surface area (Å²) in [6.07, 6.45) is 3.19. The highest BCUT2D eigenvalue weighted by molar-refractivity contribution is 7.98. The molecule has 0 aliphatic heterocycles. The Morgan fingerprint density at radius 1 is 0.871 bits per heavy atom. The Bertz CT molecular complexity index is 740. The molecule has 0 saturated carbocycles. The van der Waals surface area contributed by atoms with Crippen LogP contribution in [-0.4, -0.2) is 53.6 Å². The van der Waals surface area contributed by atoms with Crippen LogP contribution in [0.15, 0.2) is 30.3 Å². The van der Waals surface area contributed by atoms with Crippen LogP contribution in [0, 0.1) is 5.92 Å². The van der Waals surface area contributed by atoms with Crippen LogP contribution in [0.25, 0.3) is 0 Å². The first kappa shape index (κ1) is 26.7. The maximum Gasteiger partial charge on any atom is 0.243 e. The van der Waals surface area contributed by atoms with Crippen molar-refractivity contribution in [3.8, 4) is 0 Å². The summed E-state index contributed by atoms with van der Waals surface area (Å²) >= 11 is 1.57. The monoisotopic (exact) mass is 449 g/mol. The summed E-state index contributed by atoms with van der Waals surface area (Å²) in [5.74, 6) is -0.403. The van der Waals surface area contributed by atoms with E-state index < -0.39 is 29.9 Å². The number of hydrogen-bond donors (Lipinski definition) is 3. The molecule has 3 unspecified atom stereocenters. The molecular formula is C23H35N3O4S. The van der Waals surface area contributed by atoms with Crippen LogP contribution in [0.4, 0.5) is 0 Å². The maximum absolute atomic E-state index is 13.0. The topological polar surface area (TPSA) is 104 Å². The first-order valence-corrected chi connectivity index (χ1v) is 11.9. The number of hydrogen-bond acceptors (Lipinski definition) is 5. The highest BCUT2D eigenvalue weighted by atomic mass is 32.2. The van der Waals surface area contributed by atoms with E-state index in [9.17, 15) is 19.2 Å². The number of nitrogens with one attached hydrogen (secondary N) is 3. The average molecular weight is 450 g/mol. The molecule has 0 aromatic heterocycles. The molecule has 7 nitrogen and oxygen atoms in total. The normalized spacial score (nSPS) is 13.7. The van der Waals surface area contributed by atoms with Gasteiger partial charge in [-0.1, -0.05) is 44.2 Å². The second-order valence-corrected chi connectivity index (χ2v) is 9.07. The number of amides is 3. The zero-order chi connectivity index (χ0) is 23.4. The predicted molar refractivity (Wildman–Crippen MR) is 125 cm³/mol. The summed E-state index contributed by atoms with van der Waals surface area (Å²) in [5, 5.41) is 8.24. The van der Waals surface area contributed by atoms with Crippen molar-refractivity contribution in [2.24, 2.45) is 5.92 Å². The molecule has 1 aromatic rings. The molecule has 1 rings (SSSR count). The van der Waals surface area contributed by atoms with Gasteiger partial charge in [-0.3, -0.25) is 19.2 Å². The van der Waals surface area contributed by atoms with Crippen molar-refractivity contribution in [1.29, 1.82) is 0 Å². The van der Waals surface area contributed by atoms with Crippen LogP contribution in [0.3, 0.4) is 0 Å². The van der Waals surface area contributed by atoms with Crippen molar-refractivity contribution in [3.63, 3.8) is 0 Å². The number of rotatable bonds is 13. The molecule has 0 fully saturated rings. The smallest absolute Gasteiger partial charge is 0.243 e. The third kappa shape index (κ3) is 10.5. The number of thioether (sulfide) groups is 1. The van der Waals surface area contributed by atoms with Crippen molar-refractivity contribution in [2.75, 3.05) is 12.0 Å². The SMILES string of the molecule is CSCCC(NC(C)=O)C(=O)NC(CC(C)C)C(=O)NC(Cc1ccccc1)C(C)=O. The second kappa shape index (κ2) is 13.9. The first-order chi connectivity index (χ1) is 14.6. The molecule has 1 aromatic carbocycles. The molecule has 0 spiro atoms. The van der Waals surface area contributed by atoms with Gasteiger partial charge in [0.2, 0.25) is 17.7 Å². The Morgan fingerprint density at radius 2 is 1.45 bits per heavy atom. The lowest BCUT2D eigenvalue weighted by Crippen LogP contribution is -2.56. The molecule has 3 atom stereocenters. The van der Waals surface area contributed by atoms with Gasteiger partial charge in [0.25, 0.3) is 0 Å². The molecule has 0 saturated heterocycles. The number of ketones is 1. The summed E-state index contributed by atoms with van der Waals surface area (Å²) in [7, 11) is 0. The van der Waals surface area contributed by atoms with Gasteiger partial charge in [-0.15, -0.1) is 0 Å². The third-order valence-corrected chi connectivity index (χ3v) is 5.38. The molecule has 0 aliphatic carbocycles. The summed E-state index contributed by atoms with van der Waals surface area (Å²) in [6.45, 7) is 6.72. The van der Waals surface area contributed by atoms with Crippen LogP contribution < -0.4 is 16.0 Å². The van der Waals surface area contributed by atoms with E-state index in [0.29, 0.717) is 25.0 Å². The highest BCUT2D eigenvalue weighted by Crippen LogP contribution is 2.09. The minimum atomic E-state index is -0.796. The van der Waals surface area contributed by atoms with E-state index in [0.717, 1.165) is 5.56 Å². The van der Waals surface area contributed by atoms with E-state index in [1.165, 1.54) is 13.8 Å². The van der Waals surface area contributed by atoms with Gasteiger partial charge < -0.3 is 16.0 Å². The number of Topliss-reactive ketones (excluding diaryl/α,β-unsaturated/α-hetero) is 1. The Labute approximate surface area is 189 Å². The van der Waals surface area contributed by atoms with Crippen LogP contribution >= 0.6 is 11.8 Å². The van der Waals surface area contributed by atoms with E-state index in [1.807, 2.05) is 50.4 Å². The standard InChI is InChI=1S/C23H35N3O4S/c1-15(2)13-21(26-22(29)19(11-12-31-5)24-17(4)28)23(30)25-20(16(3)27)14-18-9-7-6-8-10-18/h6-10,15,19-21H,11-14H2,1-5H3,(H,24,28)(H,25,30)(H,26,29). The summed E-state index contributed by atoms with van der Waals surface area (Å²) < 4.78 is 0. The Morgan fingerprint density at radius 3 is 1.97 bits per heavy atom. The van der Waals surface area contributed by atoms with Crippen molar-refractivity contribution < 1.29 is 19.2 Å². The van der Waals surface area contributed by atoms with Crippen LogP contribution in [-0.2, 0) is 25.6 Å². The molecule has 31 heavy (non-hydrogen) atoms. The maximum atomic E-state index is 13.0. The van der Waals surface area contributed by atoms with Crippen molar-refractivity contribution in [1.82, 2.24) is 16.0 Å². The second-order valence-electron chi connectivity index (χ2n) is 8.09. The minimum Gasteiger partial charge on any atom is -0.345 e. The fourth-order valence-corrected chi connectivity index (χ4v) is 3.62. The summed E-state index contributed by atoms with van der Waals surface area (Å²) in [5.41, 5.74) is 0.940. The van der Waals surface area contributed by atoms with E-state index in [4.69, 9.17) is 0 Å². The molecule has 0 heterocycles. The molecule has 0 bridgehead atoms. The lowest BCUT2D eigenvalue weighted by Gasteiger charge is -2.25. The number of carbonyl (C=O) groups excluding carboxylic acids is 4. The van der Waals surface area contributed by atoms with Gasteiger partial charge in [-0.25, -0.2) is 0 Å². The fourth-order valence-electron chi connectivity index (χ4n) is 3.14. The fraction of sp³-hybridized carbons (Fsp3) is 0.565. The van der Waals surface area contributed by atoms with Crippen molar-refractivity contribution in [2.45, 2.75) is 65.1 Å². The highest BCUT2D eigenvalue weighted by Gasteiger charge is 2.29. The molecule has 8 heteroatoms. The zero-order valence-electron chi connectivity index (χ0n) is 19.1. The molecular weight excluding hydrogens is 414 g/mol.